The zero-order chi connectivity index (χ0) is 14.8. The molecule has 6 nitrogen and oxygen atoms in total. The van der Waals surface area contributed by atoms with E-state index in [0.717, 1.165) is 12.1 Å². The summed E-state index contributed by atoms with van der Waals surface area (Å²) in [7, 11) is -2.90. The van der Waals surface area contributed by atoms with Crippen molar-refractivity contribution in [2.24, 2.45) is 0 Å². The van der Waals surface area contributed by atoms with Crippen molar-refractivity contribution >= 4 is 39.2 Å². The lowest BCUT2D eigenvalue weighted by atomic mass is 10.2. The predicted octanol–water partition coefficient (Wildman–Crippen LogP) is 2.26. The largest absolute Gasteiger partial charge is 0.478 e. The highest BCUT2D eigenvalue weighted by Gasteiger charge is 2.29. The lowest BCUT2D eigenvalue weighted by molar-refractivity contribution is -0.0442. The average Bonchev–Trinajstić information content (AvgIpc) is 2.32. The van der Waals surface area contributed by atoms with E-state index in [4.69, 9.17) is 33.1 Å². The Bertz CT molecular complexity index is 598. The molecule has 106 valence electrons. The lowest BCUT2D eigenvalue weighted by Gasteiger charge is -2.18. The van der Waals surface area contributed by atoms with E-state index in [9.17, 15) is 13.2 Å². The van der Waals surface area contributed by atoms with Crippen LogP contribution < -0.4 is 0 Å². The molecule has 0 atom stereocenters. The molecule has 0 unspecified atom stereocenters. The van der Waals surface area contributed by atoms with Gasteiger partial charge in [0.2, 0.25) is 0 Å². The first-order valence-electron chi connectivity index (χ1n) is 5.04. The molecule has 0 fully saturated rings. The molecular formula is C10H11Cl2NO5S. The molecule has 9 heteroatoms. The second-order valence-corrected chi connectivity index (χ2v) is 5.99. The second kappa shape index (κ2) is 6.06. The van der Waals surface area contributed by atoms with Gasteiger partial charge in [-0.1, -0.05) is 27.7 Å². The van der Waals surface area contributed by atoms with Crippen LogP contribution in [-0.4, -0.2) is 37.6 Å². The van der Waals surface area contributed by atoms with Crippen molar-refractivity contribution in [2.75, 3.05) is 13.7 Å². The minimum absolute atomic E-state index is 0.0318. The SMILES string of the molecule is CCN(OC)S(=O)(=O)c1cc(Cl)cc(C(=O)O)c1Cl. The van der Waals surface area contributed by atoms with Crippen molar-refractivity contribution in [3.63, 3.8) is 0 Å². The van der Waals surface area contributed by atoms with Crippen molar-refractivity contribution < 1.29 is 23.2 Å². The quantitative estimate of drug-likeness (QED) is 0.838. The maximum absolute atomic E-state index is 12.2. The van der Waals surface area contributed by atoms with E-state index in [2.05, 4.69) is 0 Å². The molecule has 0 aliphatic rings. The first kappa shape index (κ1) is 16.2. The number of benzene rings is 1. The number of halogens is 2. The third-order valence-corrected chi connectivity index (χ3v) is 4.80. The number of hydrogen-bond acceptors (Lipinski definition) is 4. The smallest absolute Gasteiger partial charge is 0.337 e. The van der Waals surface area contributed by atoms with Crippen molar-refractivity contribution in [1.82, 2.24) is 4.47 Å². The fourth-order valence-electron chi connectivity index (χ4n) is 1.41. The van der Waals surface area contributed by atoms with Gasteiger partial charge in [-0.05, 0) is 19.1 Å². The van der Waals surface area contributed by atoms with Crippen LogP contribution in [0.1, 0.15) is 17.3 Å². The molecule has 0 saturated heterocycles. The summed E-state index contributed by atoms with van der Waals surface area (Å²) < 4.78 is 25.1. The van der Waals surface area contributed by atoms with Crippen molar-refractivity contribution in [3.8, 4) is 0 Å². The van der Waals surface area contributed by atoms with Crippen LogP contribution in [0, 0.1) is 0 Å². The van der Waals surface area contributed by atoms with Crippen molar-refractivity contribution in [1.29, 1.82) is 0 Å². The minimum atomic E-state index is -4.08. The molecule has 1 aromatic carbocycles. The van der Waals surface area contributed by atoms with Crippen LogP contribution in [0.4, 0.5) is 0 Å². The number of rotatable bonds is 5. The Balaban J connectivity index is 3.55. The second-order valence-electron chi connectivity index (χ2n) is 3.38. The Morgan fingerprint density at radius 3 is 2.42 bits per heavy atom. The van der Waals surface area contributed by atoms with Crippen LogP contribution in [0.2, 0.25) is 10.0 Å². The third-order valence-electron chi connectivity index (χ3n) is 2.24. The van der Waals surface area contributed by atoms with Crippen LogP contribution in [0.15, 0.2) is 17.0 Å². The van der Waals surface area contributed by atoms with E-state index in [0.29, 0.717) is 4.47 Å². The molecule has 0 heterocycles. The summed E-state index contributed by atoms with van der Waals surface area (Å²) in [5, 5.41) is 8.49. The molecule has 1 rings (SSSR count). The number of carboxylic acid groups (broad SMARTS) is 1. The van der Waals surface area contributed by atoms with Crippen LogP contribution in [-0.2, 0) is 14.9 Å². The Kier molecular flexibility index (Phi) is 5.17. The molecule has 0 spiro atoms. The van der Waals surface area contributed by atoms with Gasteiger partial charge in [0.25, 0.3) is 10.0 Å². The number of hydrogen-bond donors (Lipinski definition) is 1. The Hall–Kier alpha value is -0.860. The first-order valence-corrected chi connectivity index (χ1v) is 7.24. The predicted molar refractivity (Wildman–Crippen MR) is 70.0 cm³/mol. The summed E-state index contributed by atoms with van der Waals surface area (Å²) >= 11 is 11.5. The van der Waals surface area contributed by atoms with Crippen molar-refractivity contribution in [3.05, 3.63) is 27.7 Å². The van der Waals surface area contributed by atoms with Crippen LogP contribution in [0.5, 0.6) is 0 Å². The number of sulfonamides is 1. The van der Waals surface area contributed by atoms with Gasteiger partial charge >= 0.3 is 5.97 Å². The molecule has 0 aromatic heterocycles. The van der Waals surface area contributed by atoms with Crippen LogP contribution in [0.25, 0.3) is 0 Å². The van der Waals surface area contributed by atoms with E-state index in [1.165, 1.54) is 7.11 Å². The number of nitrogens with zero attached hydrogens (tertiary/aromatic N) is 1. The zero-order valence-corrected chi connectivity index (χ0v) is 12.4. The summed E-state index contributed by atoms with van der Waals surface area (Å²) in [5.41, 5.74) is -0.389. The van der Waals surface area contributed by atoms with Gasteiger partial charge in [-0.2, -0.15) is 0 Å². The molecule has 0 amide bonds. The highest BCUT2D eigenvalue weighted by molar-refractivity contribution is 7.89. The zero-order valence-electron chi connectivity index (χ0n) is 10.1. The molecule has 1 aromatic rings. The minimum Gasteiger partial charge on any atom is -0.478 e. The molecule has 0 bridgehead atoms. The number of carboxylic acids is 1. The monoisotopic (exact) mass is 327 g/mol. The summed E-state index contributed by atoms with van der Waals surface area (Å²) in [5.74, 6) is -1.37. The Morgan fingerprint density at radius 1 is 1.42 bits per heavy atom. The topological polar surface area (TPSA) is 83.9 Å². The number of aromatic carboxylic acids is 1. The van der Waals surface area contributed by atoms with E-state index in [-0.39, 0.29) is 17.1 Å². The van der Waals surface area contributed by atoms with Gasteiger partial charge in [0.1, 0.15) is 4.90 Å². The fourth-order valence-corrected chi connectivity index (χ4v) is 3.55. The van der Waals surface area contributed by atoms with Crippen LogP contribution >= 0.6 is 23.2 Å². The van der Waals surface area contributed by atoms with Crippen molar-refractivity contribution in [2.45, 2.75) is 11.8 Å². The molecular weight excluding hydrogens is 317 g/mol. The van der Waals surface area contributed by atoms with E-state index >= 15 is 0 Å². The lowest BCUT2D eigenvalue weighted by Crippen LogP contribution is -2.30. The number of carbonyl (C=O) groups is 1. The van der Waals surface area contributed by atoms with E-state index in [1.807, 2.05) is 0 Å². The first-order chi connectivity index (χ1) is 8.75. The molecule has 0 aliphatic carbocycles. The van der Waals surface area contributed by atoms with Gasteiger partial charge in [0, 0.05) is 11.6 Å². The molecule has 19 heavy (non-hydrogen) atoms. The number of hydroxylamine groups is 1. The van der Waals surface area contributed by atoms with Gasteiger partial charge < -0.3 is 5.11 Å². The molecule has 0 radical (unpaired) electrons. The summed E-state index contributed by atoms with van der Waals surface area (Å²) in [6, 6.07) is 2.15. The third kappa shape index (κ3) is 3.18. The Morgan fingerprint density at radius 2 is 2.00 bits per heavy atom. The van der Waals surface area contributed by atoms with Gasteiger partial charge in [-0.15, -0.1) is 0 Å². The van der Waals surface area contributed by atoms with Crippen LogP contribution in [0.3, 0.4) is 0 Å². The maximum atomic E-state index is 12.2. The standard InChI is InChI=1S/C10H11Cl2NO5S/c1-3-13(18-2)19(16,17)8-5-6(11)4-7(9(8)12)10(14)15/h4-5H,3H2,1-2H3,(H,14,15). The average molecular weight is 328 g/mol. The highest BCUT2D eigenvalue weighted by atomic mass is 35.5. The normalized spacial score (nSPS) is 11.8. The Labute approximate surface area is 120 Å². The highest BCUT2D eigenvalue weighted by Crippen LogP contribution is 2.31. The van der Waals surface area contributed by atoms with Gasteiger partial charge in [0.05, 0.1) is 17.7 Å². The summed E-state index contributed by atoms with van der Waals surface area (Å²) in [6.45, 7) is 1.59. The fraction of sp³-hybridized carbons (Fsp3) is 0.300. The summed E-state index contributed by atoms with van der Waals surface area (Å²) in [6.07, 6.45) is 0. The molecule has 0 aliphatic heterocycles. The van der Waals surface area contributed by atoms with Gasteiger partial charge in [-0.25, -0.2) is 13.2 Å². The summed E-state index contributed by atoms with van der Waals surface area (Å²) in [4.78, 5) is 15.3. The molecule has 0 saturated carbocycles. The van der Waals surface area contributed by atoms with Gasteiger partial charge in [-0.3, -0.25) is 4.84 Å². The van der Waals surface area contributed by atoms with E-state index in [1.54, 1.807) is 6.92 Å². The van der Waals surface area contributed by atoms with Gasteiger partial charge in [0.15, 0.2) is 0 Å². The molecule has 1 N–H and O–H groups in total. The van der Waals surface area contributed by atoms with E-state index < -0.39 is 25.9 Å². The maximum Gasteiger partial charge on any atom is 0.337 e.